The summed E-state index contributed by atoms with van der Waals surface area (Å²) in [6.07, 6.45) is 5.51. The molecule has 0 amide bonds. The molecule has 40 heavy (non-hydrogen) atoms. The Balaban J connectivity index is 0.00000289. The molecule has 5 heterocycles. The van der Waals surface area contributed by atoms with E-state index in [9.17, 15) is 5.11 Å². The first-order chi connectivity index (χ1) is 19.1. The van der Waals surface area contributed by atoms with Crippen LogP contribution in [0.3, 0.4) is 0 Å². The summed E-state index contributed by atoms with van der Waals surface area (Å²) in [4.78, 5) is 9.56. The van der Waals surface area contributed by atoms with Crippen molar-refractivity contribution in [3.05, 3.63) is 103 Å². The summed E-state index contributed by atoms with van der Waals surface area (Å²) >= 11 is 0. The molecule has 2 bridgehead atoms. The molecule has 2 aromatic heterocycles. The first-order valence-electron chi connectivity index (χ1n) is 14.0. The number of pyridine rings is 2. The largest absolute Gasteiger partial charge is 1.00 e. The molecule has 0 radical (unpaired) electrons. The van der Waals surface area contributed by atoms with Crippen LogP contribution in [0.25, 0.3) is 32.7 Å². The molecule has 3 aliphatic heterocycles. The van der Waals surface area contributed by atoms with E-state index < -0.39 is 6.10 Å². The monoisotopic (exact) mass is 595 g/mol. The van der Waals surface area contributed by atoms with Crippen LogP contribution in [-0.2, 0) is 6.54 Å². The fourth-order valence-electron chi connectivity index (χ4n) is 7.53. The summed E-state index contributed by atoms with van der Waals surface area (Å²) in [6, 6.07) is 25.0. The number of nitrogens with zero attached hydrogens (tertiary/aromatic N) is 3. The van der Waals surface area contributed by atoms with Crippen molar-refractivity contribution in [3.63, 3.8) is 0 Å². The Morgan fingerprint density at radius 2 is 1.73 bits per heavy atom. The SMILES string of the molecule is C=CC1C[N+]2(Cc3c4ccccc4nc4ccccc34)CCC1C[C@H]2C(O)c1ccnc2ccc(OC)cc12.[Br-]. The highest BCUT2D eigenvalue weighted by atomic mass is 79.9. The molecule has 8 rings (SSSR count). The minimum atomic E-state index is -0.615. The first-order valence-corrected chi connectivity index (χ1v) is 14.0. The Morgan fingerprint density at radius 1 is 1.00 bits per heavy atom. The number of methoxy groups -OCH3 is 1. The third-order valence-corrected chi connectivity index (χ3v) is 9.51. The van der Waals surface area contributed by atoms with Gasteiger partial charge in [-0.25, -0.2) is 4.98 Å². The minimum absolute atomic E-state index is 0. The topological polar surface area (TPSA) is 55.2 Å². The van der Waals surface area contributed by atoms with Crippen molar-refractivity contribution in [2.75, 3.05) is 20.2 Å². The second-order valence-corrected chi connectivity index (χ2v) is 11.4. The van der Waals surface area contributed by atoms with Gasteiger partial charge in [0, 0.05) is 46.7 Å². The van der Waals surface area contributed by atoms with Crippen LogP contribution in [0, 0.1) is 11.8 Å². The van der Waals surface area contributed by atoms with E-state index in [-0.39, 0.29) is 23.0 Å². The van der Waals surface area contributed by atoms with Crippen LogP contribution in [-0.4, -0.2) is 45.8 Å². The van der Waals surface area contributed by atoms with E-state index >= 15 is 0 Å². The van der Waals surface area contributed by atoms with Crippen LogP contribution >= 0.6 is 0 Å². The molecule has 4 unspecified atom stereocenters. The van der Waals surface area contributed by atoms with Crippen LogP contribution in [0.4, 0.5) is 0 Å². The van der Waals surface area contributed by atoms with Gasteiger partial charge < -0.3 is 31.3 Å². The van der Waals surface area contributed by atoms with Gasteiger partial charge in [0.05, 0.1) is 36.7 Å². The maximum absolute atomic E-state index is 12.2. The van der Waals surface area contributed by atoms with E-state index in [1.807, 2.05) is 30.5 Å². The third kappa shape index (κ3) is 4.30. The van der Waals surface area contributed by atoms with Crippen molar-refractivity contribution in [1.29, 1.82) is 0 Å². The average molecular weight is 597 g/mol. The number of ether oxygens (including phenoxy) is 1. The summed E-state index contributed by atoms with van der Waals surface area (Å²) in [5.74, 6) is 1.78. The Hall–Kier alpha value is -3.32. The van der Waals surface area contributed by atoms with Crippen LogP contribution in [0.15, 0.2) is 91.6 Å². The van der Waals surface area contributed by atoms with E-state index in [1.165, 1.54) is 16.3 Å². The molecule has 5 atom stereocenters. The van der Waals surface area contributed by atoms with Gasteiger partial charge in [0.1, 0.15) is 24.4 Å². The van der Waals surface area contributed by atoms with Gasteiger partial charge in [0.15, 0.2) is 0 Å². The van der Waals surface area contributed by atoms with Crippen LogP contribution < -0.4 is 21.7 Å². The van der Waals surface area contributed by atoms with Crippen molar-refractivity contribution in [2.45, 2.75) is 31.5 Å². The fourth-order valence-corrected chi connectivity index (χ4v) is 7.53. The lowest BCUT2D eigenvalue weighted by atomic mass is 9.71. The minimum Gasteiger partial charge on any atom is -1.00 e. The van der Waals surface area contributed by atoms with Gasteiger partial charge in [0.2, 0.25) is 0 Å². The smallest absolute Gasteiger partial charge is 0.131 e. The first kappa shape index (κ1) is 26.9. The highest BCUT2D eigenvalue weighted by Crippen LogP contribution is 2.49. The van der Waals surface area contributed by atoms with E-state index in [4.69, 9.17) is 9.72 Å². The molecule has 3 fully saturated rings. The summed E-state index contributed by atoms with van der Waals surface area (Å²) in [6.45, 7) is 7.12. The lowest BCUT2D eigenvalue weighted by Crippen LogP contribution is -3.00. The van der Waals surface area contributed by atoms with Crippen LogP contribution in [0.2, 0.25) is 0 Å². The predicted molar refractivity (Wildman–Crippen MR) is 156 cm³/mol. The molecular formula is C34H34BrN3O2. The molecule has 1 N–H and O–H groups in total. The van der Waals surface area contributed by atoms with E-state index in [1.54, 1.807) is 7.11 Å². The number of piperidine rings is 3. The van der Waals surface area contributed by atoms with Gasteiger partial charge in [0.25, 0.3) is 0 Å². The number of para-hydroxylation sites is 2. The average Bonchev–Trinajstić information content (AvgIpc) is 3.00. The maximum Gasteiger partial charge on any atom is 0.131 e. The zero-order valence-electron chi connectivity index (χ0n) is 22.7. The number of quaternary nitrogens is 1. The number of hydrogen-bond acceptors (Lipinski definition) is 4. The maximum atomic E-state index is 12.2. The quantitative estimate of drug-likeness (QED) is 0.185. The number of aliphatic hydroxyl groups is 1. The van der Waals surface area contributed by atoms with Crippen LogP contribution in [0.1, 0.15) is 30.1 Å². The lowest BCUT2D eigenvalue weighted by molar-refractivity contribution is -0.984. The zero-order chi connectivity index (χ0) is 26.6. The fraction of sp³-hybridized carbons (Fsp3) is 0.294. The number of aromatic nitrogens is 2. The molecule has 0 spiro atoms. The molecule has 3 aliphatic rings. The van der Waals surface area contributed by atoms with Crippen molar-refractivity contribution in [1.82, 2.24) is 9.97 Å². The van der Waals surface area contributed by atoms with E-state index in [2.05, 4.69) is 66.2 Å². The van der Waals surface area contributed by atoms with Gasteiger partial charge in [-0.3, -0.25) is 4.98 Å². The Bertz CT molecular complexity index is 1670. The molecule has 3 saturated heterocycles. The highest BCUT2D eigenvalue weighted by Gasteiger charge is 2.54. The highest BCUT2D eigenvalue weighted by molar-refractivity contribution is 5.97. The van der Waals surface area contributed by atoms with Gasteiger partial charge >= 0.3 is 0 Å². The molecule has 3 aromatic carbocycles. The molecule has 0 aliphatic carbocycles. The summed E-state index contributed by atoms with van der Waals surface area (Å²) in [7, 11) is 1.68. The summed E-state index contributed by atoms with van der Waals surface area (Å²) in [5, 5.41) is 15.6. The second kappa shape index (κ2) is 10.6. The lowest BCUT2D eigenvalue weighted by Gasteiger charge is -2.58. The van der Waals surface area contributed by atoms with Crippen molar-refractivity contribution in [3.8, 4) is 5.75 Å². The third-order valence-electron chi connectivity index (χ3n) is 9.51. The number of aliphatic hydroxyl groups excluding tert-OH is 1. The molecule has 0 saturated carbocycles. The van der Waals surface area contributed by atoms with Gasteiger partial charge in [-0.1, -0.05) is 42.5 Å². The number of fused-ring (bicyclic) bond motifs is 6. The Labute approximate surface area is 245 Å². The van der Waals surface area contributed by atoms with Crippen molar-refractivity contribution >= 4 is 32.7 Å². The van der Waals surface area contributed by atoms with E-state index in [0.29, 0.717) is 11.8 Å². The predicted octanol–water partition coefficient (Wildman–Crippen LogP) is 3.59. The summed E-state index contributed by atoms with van der Waals surface area (Å²) in [5.41, 5.74) is 5.21. The Kier molecular flexibility index (Phi) is 7.11. The molecular weight excluding hydrogens is 562 g/mol. The number of rotatable bonds is 6. The van der Waals surface area contributed by atoms with Crippen molar-refractivity contribution < 1.29 is 31.3 Å². The van der Waals surface area contributed by atoms with Gasteiger partial charge in [-0.15, -0.1) is 6.58 Å². The van der Waals surface area contributed by atoms with Crippen molar-refractivity contribution in [2.24, 2.45) is 11.8 Å². The molecule has 6 heteroatoms. The molecule has 204 valence electrons. The number of halogens is 1. The Morgan fingerprint density at radius 3 is 2.42 bits per heavy atom. The molecule has 5 nitrogen and oxygen atoms in total. The molecule has 5 aromatic rings. The normalized spacial score (nSPS) is 24.6. The van der Waals surface area contributed by atoms with Gasteiger partial charge in [-0.05, 0) is 47.9 Å². The van der Waals surface area contributed by atoms with Crippen LogP contribution in [0.5, 0.6) is 5.75 Å². The second-order valence-electron chi connectivity index (χ2n) is 11.4. The standard InChI is InChI=1S/C34H34N3O2.BrH/c1-3-22-20-37(21-29-25-8-4-6-10-31(25)36-32-11-7-5-9-26(29)32)17-15-23(22)18-33(37)34(38)27-14-16-35-30-13-12-24(39-2)19-28(27)30;/h3-14,16,19,22-23,33-34,38H,1,15,17-18,20-21H2,2H3;1H/q+1;/p-1/t22?,23?,33-,34?,37?;/m0./s1. The van der Waals surface area contributed by atoms with E-state index in [0.717, 1.165) is 70.2 Å². The number of benzene rings is 3. The summed E-state index contributed by atoms with van der Waals surface area (Å²) < 4.78 is 6.38. The van der Waals surface area contributed by atoms with Gasteiger partial charge in [-0.2, -0.15) is 0 Å². The number of hydrogen-bond donors (Lipinski definition) is 1. The zero-order valence-corrected chi connectivity index (χ0v) is 24.3.